The van der Waals surface area contributed by atoms with Gasteiger partial charge in [0, 0.05) is 16.6 Å². The number of fused-ring (bicyclic) bond motifs is 2. The Kier molecular flexibility index (Phi) is 4.82. The van der Waals surface area contributed by atoms with Crippen molar-refractivity contribution >= 4 is 54.1 Å². The number of halogens is 1. The second-order valence-corrected chi connectivity index (χ2v) is 9.79. The number of aromatic nitrogens is 5. The molecule has 5 rings (SSSR count). The van der Waals surface area contributed by atoms with Gasteiger partial charge in [-0.3, -0.25) is 4.98 Å². The van der Waals surface area contributed by atoms with Gasteiger partial charge < -0.3 is 4.74 Å². The quantitative estimate of drug-likeness (QED) is 0.415. The molecule has 0 saturated carbocycles. The summed E-state index contributed by atoms with van der Waals surface area (Å²) in [6, 6.07) is 12.4. The van der Waals surface area contributed by atoms with E-state index in [4.69, 9.17) is 21.5 Å². The number of benzene rings is 2. The fourth-order valence-corrected chi connectivity index (χ4v) is 4.89. The monoisotopic (exact) mass is 472 g/mol. The second-order valence-electron chi connectivity index (χ2n) is 6.59. The van der Waals surface area contributed by atoms with Crippen molar-refractivity contribution in [1.29, 1.82) is 0 Å². The topological polar surface area (TPSA) is 126 Å². The normalized spacial score (nSPS) is 11.9. The van der Waals surface area contributed by atoms with Crippen LogP contribution in [0, 0.1) is 0 Å². The molecule has 2 N–H and O–H groups in total. The average molecular weight is 473 g/mol. The Morgan fingerprint density at radius 3 is 2.84 bits per heavy atom. The number of ether oxygens (including phenoxy) is 1. The molecule has 0 aliphatic rings. The fourth-order valence-electron chi connectivity index (χ4n) is 3.04. The molecule has 0 fully saturated rings. The van der Waals surface area contributed by atoms with Crippen LogP contribution in [0.15, 0.2) is 59.2 Å². The summed E-state index contributed by atoms with van der Waals surface area (Å²) in [4.78, 5) is 8.35. The van der Waals surface area contributed by atoms with E-state index in [9.17, 15) is 8.42 Å². The van der Waals surface area contributed by atoms with Crippen LogP contribution >= 0.6 is 22.9 Å². The van der Waals surface area contributed by atoms with E-state index in [2.05, 4.69) is 20.3 Å². The third-order valence-corrected chi connectivity index (χ3v) is 7.01. The molecule has 0 unspecified atom stereocenters. The molecule has 0 amide bonds. The highest BCUT2D eigenvalue weighted by atomic mass is 35.5. The van der Waals surface area contributed by atoms with Gasteiger partial charge in [0.1, 0.15) is 18.1 Å². The van der Waals surface area contributed by atoms with Crippen molar-refractivity contribution in [3.05, 3.63) is 65.6 Å². The Hall–Kier alpha value is -3.12. The molecule has 0 spiro atoms. The van der Waals surface area contributed by atoms with Crippen LogP contribution in [0.5, 0.6) is 5.75 Å². The second kappa shape index (κ2) is 7.54. The first-order valence-corrected chi connectivity index (χ1v) is 11.6. The van der Waals surface area contributed by atoms with Crippen molar-refractivity contribution < 1.29 is 13.2 Å². The Bertz CT molecular complexity index is 1550. The van der Waals surface area contributed by atoms with Gasteiger partial charge in [-0.2, -0.15) is 0 Å². The summed E-state index contributed by atoms with van der Waals surface area (Å²) in [5.41, 5.74) is 2.74. The van der Waals surface area contributed by atoms with Crippen LogP contribution in [-0.2, 0) is 16.6 Å². The van der Waals surface area contributed by atoms with Gasteiger partial charge in [-0.05, 0) is 42.5 Å². The van der Waals surface area contributed by atoms with Gasteiger partial charge in [0.25, 0.3) is 10.0 Å². The average Bonchev–Trinajstić information content (AvgIpc) is 3.38. The summed E-state index contributed by atoms with van der Waals surface area (Å²) < 4.78 is 30.9. The van der Waals surface area contributed by atoms with Crippen LogP contribution in [0.2, 0.25) is 5.02 Å². The summed E-state index contributed by atoms with van der Waals surface area (Å²) in [5.74, 6) is 0.552. The SMILES string of the molecule is NS(=O)(=O)c1nc2ccc(OCc3cn(-c4ccnc5cc(Cl)ccc45)nn3)cc2s1. The highest BCUT2D eigenvalue weighted by molar-refractivity contribution is 7.91. The lowest BCUT2D eigenvalue weighted by molar-refractivity contribution is 0.301. The molecule has 0 saturated heterocycles. The van der Waals surface area contributed by atoms with Crippen LogP contribution in [0.4, 0.5) is 0 Å². The molecule has 3 heterocycles. The molecule has 0 atom stereocenters. The molecule has 0 aliphatic carbocycles. The number of nitrogens with two attached hydrogens (primary N) is 1. The first kappa shape index (κ1) is 19.8. The fraction of sp³-hybridized carbons (Fsp3) is 0.0526. The van der Waals surface area contributed by atoms with Gasteiger partial charge in [-0.1, -0.05) is 16.8 Å². The van der Waals surface area contributed by atoms with Gasteiger partial charge in [0.05, 0.1) is 27.6 Å². The first-order valence-electron chi connectivity index (χ1n) is 8.89. The van der Waals surface area contributed by atoms with Gasteiger partial charge in [-0.25, -0.2) is 23.2 Å². The molecule has 9 nitrogen and oxygen atoms in total. The van der Waals surface area contributed by atoms with Gasteiger partial charge in [0.2, 0.25) is 4.34 Å². The maximum Gasteiger partial charge on any atom is 0.265 e. The molecule has 156 valence electrons. The molecular weight excluding hydrogens is 460 g/mol. The van der Waals surface area contributed by atoms with Crippen molar-refractivity contribution in [2.45, 2.75) is 10.9 Å². The molecule has 0 bridgehead atoms. The Morgan fingerprint density at radius 1 is 1.13 bits per heavy atom. The van der Waals surface area contributed by atoms with Crippen LogP contribution in [0.25, 0.3) is 26.8 Å². The van der Waals surface area contributed by atoms with Crippen LogP contribution in [0.1, 0.15) is 5.69 Å². The van der Waals surface area contributed by atoms with E-state index in [0.717, 1.165) is 27.9 Å². The summed E-state index contributed by atoms with van der Waals surface area (Å²) in [5, 5.41) is 15.0. The van der Waals surface area contributed by atoms with Gasteiger partial charge in [0.15, 0.2) is 0 Å². The maximum atomic E-state index is 11.5. The van der Waals surface area contributed by atoms with Gasteiger partial charge in [-0.15, -0.1) is 16.4 Å². The first-order chi connectivity index (χ1) is 14.9. The molecule has 5 aromatic rings. The van der Waals surface area contributed by atoms with Crippen LogP contribution in [0.3, 0.4) is 0 Å². The minimum absolute atomic E-state index is 0.131. The smallest absolute Gasteiger partial charge is 0.265 e. The highest BCUT2D eigenvalue weighted by Crippen LogP contribution is 2.28. The minimum Gasteiger partial charge on any atom is -0.487 e. The predicted molar refractivity (Wildman–Crippen MR) is 117 cm³/mol. The standard InChI is InChI=1S/C19H13ClN6O3S2/c20-11-1-3-14-16(7-11)22-6-5-17(14)26-9-12(24-25-26)10-29-13-2-4-15-18(8-13)30-19(23-15)31(21,27)28/h1-9H,10H2,(H2,21,27,28). The van der Waals surface area contributed by atoms with Crippen molar-refractivity contribution in [3.8, 4) is 11.4 Å². The predicted octanol–water partition coefficient (Wildman–Crippen LogP) is 3.31. The molecule has 0 aliphatic heterocycles. The molecule has 31 heavy (non-hydrogen) atoms. The van der Waals surface area contributed by atoms with E-state index in [1.165, 1.54) is 0 Å². The number of hydrogen-bond acceptors (Lipinski definition) is 8. The number of pyridine rings is 1. The zero-order valence-corrected chi connectivity index (χ0v) is 18.0. The minimum atomic E-state index is -3.84. The number of rotatable bonds is 5. The van der Waals surface area contributed by atoms with E-state index in [-0.39, 0.29) is 10.9 Å². The van der Waals surface area contributed by atoms with Crippen molar-refractivity contribution in [1.82, 2.24) is 25.0 Å². The maximum absolute atomic E-state index is 11.5. The Balaban J connectivity index is 1.37. The highest BCUT2D eigenvalue weighted by Gasteiger charge is 2.15. The van der Waals surface area contributed by atoms with Gasteiger partial charge >= 0.3 is 0 Å². The summed E-state index contributed by atoms with van der Waals surface area (Å²) >= 11 is 7.04. The molecule has 3 aromatic heterocycles. The lowest BCUT2D eigenvalue weighted by atomic mass is 10.2. The Labute approximate surface area is 185 Å². The summed E-state index contributed by atoms with van der Waals surface area (Å²) in [6.07, 6.45) is 3.46. The van der Waals surface area contributed by atoms with E-state index in [1.807, 2.05) is 12.1 Å². The lowest BCUT2D eigenvalue weighted by Gasteiger charge is -2.05. The van der Waals surface area contributed by atoms with E-state index in [0.29, 0.717) is 26.7 Å². The summed E-state index contributed by atoms with van der Waals surface area (Å²) in [6.45, 7) is 0.182. The molecule has 12 heteroatoms. The van der Waals surface area contributed by atoms with Crippen molar-refractivity contribution in [3.63, 3.8) is 0 Å². The number of sulfonamides is 1. The number of nitrogens with zero attached hydrogens (tertiary/aromatic N) is 5. The number of hydrogen-bond donors (Lipinski definition) is 1. The van der Waals surface area contributed by atoms with Crippen molar-refractivity contribution in [2.24, 2.45) is 5.14 Å². The van der Waals surface area contributed by atoms with Crippen molar-refractivity contribution in [2.75, 3.05) is 0 Å². The van der Waals surface area contributed by atoms with E-state index in [1.54, 1.807) is 47.4 Å². The molecule has 2 aromatic carbocycles. The summed E-state index contributed by atoms with van der Waals surface area (Å²) in [7, 11) is -3.84. The lowest BCUT2D eigenvalue weighted by Crippen LogP contribution is -2.11. The third-order valence-electron chi connectivity index (χ3n) is 4.44. The number of thiazole rings is 1. The Morgan fingerprint density at radius 2 is 2.00 bits per heavy atom. The third kappa shape index (κ3) is 3.95. The van der Waals surface area contributed by atoms with E-state index >= 15 is 0 Å². The molecule has 0 radical (unpaired) electrons. The zero-order valence-electron chi connectivity index (χ0n) is 15.6. The number of primary sulfonamides is 1. The van der Waals surface area contributed by atoms with E-state index < -0.39 is 10.0 Å². The zero-order chi connectivity index (χ0) is 21.6. The van der Waals surface area contributed by atoms with Crippen LogP contribution < -0.4 is 9.88 Å². The largest absolute Gasteiger partial charge is 0.487 e. The van der Waals surface area contributed by atoms with Crippen LogP contribution in [-0.4, -0.2) is 33.4 Å². The molecular formula is C19H13ClN6O3S2.